The molecule has 0 aromatic heterocycles. The van der Waals surface area contributed by atoms with Crippen LogP contribution in [-0.4, -0.2) is 58.4 Å². The Morgan fingerprint density at radius 1 is 0.680 bits per heavy atom. The van der Waals surface area contributed by atoms with Gasteiger partial charge in [0, 0.05) is 6.08 Å². The van der Waals surface area contributed by atoms with E-state index in [0.29, 0.717) is 23.5 Å². The monoisotopic (exact) mass is 340 g/mol. The summed E-state index contributed by atoms with van der Waals surface area (Å²) < 4.78 is 0. The van der Waals surface area contributed by atoms with E-state index in [9.17, 15) is 0 Å². The molecular weight excluding hydrogens is 329 g/mol. The molecule has 118 valence electrons. The van der Waals surface area contributed by atoms with Crippen LogP contribution in [0.5, 0.6) is 0 Å². The van der Waals surface area contributed by atoms with Crippen LogP contribution in [0.1, 0.15) is 2.85 Å². The zero-order valence-corrected chi connectivity index (χ0v) is 14.4. The normalized spacial score (nSPS) is 21.8. The van der Waals surface area contributed by atoms with E-state index in [-0.39, 0.29) is 25.9 Å². The molecule has 0 unspecified atom stereocenters. The minimum atomic E-state index is 0. The molecule has 0 saturated heterocycles. The molecule has 0 aliphatic carbocycles. The van der Waals surface area contributed by atoms with Crippen molar-refractivity contribution in [3.63, 3.8) is 0 Å². The van der Waals surface area contributed by atoms with Crippen LogP contribution in [0, 0.1) is 0 Å². The van der Waals surface area contributed by atoms with Crippen molar-refractivity contribution in [2.24, 2.45) is 30.0 Å². The Morgan fingerprint density at radius 2 is 1.40 bits per heavy atom. The third-order valence-corrected chi connectivity index (χ3v) is 3.52. The Labute approximate surface area is 161 Å². The fourth-order valence-electron chi connectivity index (χ4n) is 2.48. The van der Waals surface area contributed by atoms with E-state index >= 15 is 0 Å². The summed E-state index contributed by atoms with van der Waals surface area (Å²) in [7, 11) is 0. The number of nitrogens with zero attached hydrogens (tertiary/aromatic N) is 6. The van der Waals surface area contributed by atoms with Crippen LogP contribution in [0.3, 0.4) is 0 Å². The van der Waals surface area contributed by atoms with Crippen molar-refractivity contribution in [3.8, 4) is 0 Å². The van der Waals surface area contributed by atoms with Crippen LogP contribution >= 0.6 is 0 Å². The zero-order chi connectivity index (χ0) is 15.9. The number of amidine groups is 1. The van der Waals surface area contributed by atoms with Gasteiger partial charge in [-0.05, 0) is 36.5 Å². The fourth-order valence-corrected chi connectivity index (χ4v) is 2.48. The quantitative estimate of drug-likeness (QED) is 0.638. The number of hydrazine groups is 1. The molecule has 0 aromatic rings. The van der Waals surface area contributed by atoms with Crippen LogP contribution in [0.25, 0.3) is 0 Å². The molecule has 8 nitrogen and oxygen atoms in total. The number of fused-ring (bicyclic) bond motifs is 4. The first-order chi connectivity index (χ1) is 11.8. The second kappa shape index (κ2) is 6.19. The van der Waals surface area contributed by atoms with E-state index in [1.54, 1.807) is 6.21 Å². The van der Waals surface area contributed by atoms with Gasteiger partial charge >= 0.3 is 23.1 Å². The predicted molar refractivity (Wildman–Crippen MR) is 102 cm³/mol. The number of hydrogen-bond donors (Lipinski definition) is 2. The average Bonchev–Trinajstić information content (AvgIpc) is 3.32. The maximum absolute atomic E-state index is 4.53. The molecule has 5 rings (SSSR count). The van der Waals surface area contributed by atoms with Crippen molar-refractivity contribution >= 4 is 58.4 Å². The molecule has 5 heterocycles. The van der Waals surface area contributed by atoms with Gasteiger partial charge < -0.3 is 2.85 Å². The second-order valence-electron chi connectivity index (χ2n) is 5.30. The molecule has 9 heteroatoms. The molecule has 5 aliphatic rings. The molecule has 0 saturated carbocycles. The first kappa shape index (κ1) is 15.6. The average molecular weight is 341 g/mol. The van der Waals surface area contributed by atoms with Crippen molar-refractivity contribution in [2.75, 3.05) is 0 Å². The molecule has 0 radical (unpaired) electrons. The van der Waals surface area contributed by atoms with Gasteiger partial charge in [0.25, 0.3) is 5.96 Å². The Balaban J connectivity index is 0.000000871. The van der Waals surface area contributed by atoms with E-state index in [2.05, 4.69) is 40.8 Å². The summed E-state index contributed by atoms with van der Waals surface area (Å²) >= 11 is 0. The van der Waals surface area contributed by atoms with Gasteiger partial charge in [0.15, 0.2) is 5.84 Å². The second-order valence-corrected chi connectivity index (χ2v) is 5.30. The van der Waals surface area contributed by atoms with Crippen molar-refractivity contribution in [2.45, 2.75) is 0 Å². The summed E-state index contributed by atoms with van der Waals surface area (Å²) in [4.78, 5) is 26.2. The van der Waals surface area contributed by atoms with Crippen molar-refractivity contribution in [1.82, 2.24) is 10.9 Å². The smallest absolute Gasteiger partial charge is 1.00 e. The van der Waals surface area contributed by atoms with Crippen molar-refractivity contribution in [3.05, 3.63) is 59.6 Å². The Hall–Kier alpha value is -2.91. The molecule has 0 amide bonds. The maximum atomic E-state index is 4.53. The topological polar surface area (TPSA) is 98.2 Å². The van der Waals surface area contributed by atoms with Gasteiger partial charge in [-0.1, -0.05) is 0 Å². The molecular formula is C16H12MgN8. The summed E-state index contributed by atoms with van der Waals surface area (Å²) in [6, 6.07) is 0. The number of allylic oxidation sites excluding steroid dienone is 7. The number of nitrogens with one attached hydrogen (secondary N) is 2. The Morgan fingerprint density at radius 3 is 2.20 bits per heavy atom. The maximum Gasteiger partial charge on any atom is 2.00 e. The molecule has 0 atom stereocenters. The molecule has 0 spiro atoms. The molecule has 8 bridgehead atoms. The SMILES string of the molecule is C1=CC2=NC1=CC1=NC(=NC3=NC(=CC4=NC(=C2)C=C4)C=N3)NN1.[H-].[H-].[Mg+2]. The first-order valence-corrected chi connectivity index (χ1v) is 7.31. The van der Waals surface area contributed by atoms with Crippen LogP contribution in [-0.2, 0) is 0 Å². The summed E-state index contributed by atoms with van der Waals surface area (Å²) in [5.41, 5.74) is 9.81. The first-order valence-electron chi connectivity index (χ1n) is 7.31. The standard InChI is InChI=1S/C16H10N8.Mg.2H/c1-2-11-6-13-8-17-15(20-13)22-16-21-14(23-24-16)7-12-4-3-10(19-12)5-9(1)18-11;;;/h1-8H,(H2,17,20,21,22,23,24);;;/q;+2;2*-1. The Kier molecular flexibility index (Phi) is 3.86. The van der Waals surface area contributed by atoms with E-state index < -0.39 is 0 Å². The number of aliphatic imine (C=N–C) groups is 6. The van der Waals surface area contributed by atoms with Crippen LogP contribution < -0.4 is 10.9 Å². The van der Waals surface area contributed by atoms with E-state index in [4.69, 9.17) is 0 Å². The van der Waals surface area contributed by atoms with Gasteiger partial charge in [-0.3, -0.25) is 10.9 Å². The third kappa shape index (κ3) is 3.19. The molecule has 25 heavy (non-hydrogen) atoms. The molecule has 2 N–H and O–H groups in total. The molecule has 0 fully saturated rings. The predicted octanol–water partition coefficient (Wildman–Crippen LogP) is 0.820. The summed E-state index contributed by atoms with van der Waals surface area (Å²) in [5.74, 6) is 1.37. The van der Waals surface area contributed by atoms with Gasteiger partial charge in [0.1, 0.15) is 0 Å². The van der Waals surface area contributed by atoms with E-state index in [0.717, 1.165) is 22.8 Å². The van der Waals surface area contributed by atoms with Gasteiger partial charge in [-0.2, -0.15) is 9.98 Å². The largest absolute Gasteiger partial charge is 2.00 e. The van der Waals surface area contributed by atoms with Crippen LogP contribution in [0.15, 0.2) is 89.6 Å². The summed E-state index contributed by atoms with van der Waals surface area (Å²) in [6.07, 6.45) is 15.0. The third-order valence-electron chi connectivity index (χ3n) is 3.52. The van der Waals surface area contributed by atoms with Crippen molar-refractivity contribution < 1.29 is 2.85 Å². The van der Waals surface area contributed by atoms with Crippen LogP contribution in [0.4, 0.5) is 0 Å². The van der Waals surface area contributed by atoms with E-state index in [1.165, 1.54) is 0 Å². The van der Waals surface area contributed by atoms with E-state index in [1.807, 2.05) is 42.5 Å². The minimum absolute atomic E-state index is 0. The van der Waals surface area contributed by atoms with Gasteiger partial charge in [-0.15, -0.1) is 0 Å². The number of hydrogen-bond acceptors (Lipinski definition) is 8. The number of rotatable bonds is 0. The number of guanidine groups is 2. The van der Waals surface area contributed by atoms with Gasteiger partial charge in [0.05, 0.1) is 34.7 Å². The van der Waals surface area contributed by atoms with Crippen molar-refractivity contribution in [1.29, 1.82) is 0 Å². The fraction of sp³-hybridized carbons (Fsp3) is 0. The molecule has 5 aliphatic heterocycles. The van der Waals surface area contributed by atoms with Gasteiger partial charge in [0.2, 0.25) is 5.96 Å². The summed E-state index contributed by atoms with van der Waals surface area (Å²) in [5, 5.41) is 0. The Bertz CT molecular complexity index is 1010. The summed E-state index contributed by atoms with van der Waals surface area (Å²) in [6.45, 7) is 0. The minimum Gasteiger partial charge on any atom is -1.00 e. The zero-order valence-electron chi connectivity index (χ0n) is 15.0. The molecule has 0 aromatic carbocycles. The van der Waals surface area contributed by atoms with Crippen LogP contribution in [0.2, 0.25) is 0 Å². The van der Waals surface area contributed by atoms with Gasteiger partial charge in [-0.25, -0.2) is 20.0 Å².